The number of thioether (sulfide) groups is 1. The number of benzene rings is 2. The van der Waals surface area contributed by atoms with Gasteiger partial charge in [0.05, 0.1) is 12.7 Å². The molecule has 188 valence electrons. The van der Waals surface area contributed by atoms with Gasteiger partial charge in [-0.1, -0.05) is 12.1 Å². The van der Waals surface area contributed by atoms with Crippen molar-refractivity contribution in [1.82, 2.24) is 5.01 Å². The van der Waals surface area contributed by atoms with Gasteiger partial charge in [-0.05, 0) is 72.6 Å². The molecule has 12 heteroatoms. The van der Waals surface area contributed by atoms with E-state index in [1.54, 1.807) is 18.2 Å². The van der Waals surface area contributed by atoms with E-state index in [-0.39, 0.29) is 27.6 Å². The summed E-state index contributed by atoms with van der Waals surface area (Å²) in [6.07, 6.45) is 2.48. The van der Waals surface area contributed by atoms with Crippen LogP contribution in [0.2, 0.25) is 0 Å². The van der Waals surface area contributed by atoms with E-state index in [4.69, 9.17) is 19.6 Å². The summed E-state index contributed by atoms with van der Waals surface area (Å²) < 4.78 is 40.4. The molecule has 0 unspecified atom stereocenters. The Morgan fingerprint density at radius 3 is 2.42 bits per heavy atom. The fourth-order valence-electron chi connectivity index (χ4n) is 3.51. The predicted molar refractivity (Wildman–Crippen MR) is 140 cm³/mol. The Balaban J connectivity index is 1.46. The zero-order valence-corrected chi connectivity index (χ0v) is 21.7. The van der Waals surface area contributed by atoms with Gasteiger partial charge in [-0.3, -0.25) is 10.2 Å². The fourth-order valence-corrected chi connectivity index (χ4v) is 5.20. The van der Waals surface area contributed by atoms with Crippen molar-refractivity contribution in [2.24, 2.45) is 10.1 Å². The lowest BCUT2D eigenvalue weighted by Gasteiger charge is -2.20. The highest BCUT2D eigenvalue weighted by molar-refractivity contribution is 8.42. The molecule has 2 aromatic carbocycles. The van der Waals surface area contributed by atoms with Crippen LogP contribution in [0, 0.1) is 19.3 Å². The molecule has 10 nitrogen and oxygen atoms in total. The lowest BCUT2D eigenvalue weighted by atomic mass is 10.1. The monoisotopic (exact) mass is 528 g/mol. The minimum atomic E-state index is -3.60. The maximum absolute atomic E-state index is 12.6. The molecule has 0 bridgehead atoms. The standard InChI is InChI=1S/C24H24N4O6S2/c1-14-9-15(2)11-17(10-14)33-7-8-34-19-6-5-16(13-20(19)32-3)12-18-21(25)28-23(26-22(18)29)35-24(27-28)36(4,30)31/h5-6,9-13,25H,7-8H2,1-4H3. The molecule has 2 heterocycles. The van der Waals surface area contributed by atoms with E-state index in [0.717, 1.165) is 39.9 Å². The lowest BCUT2D eigenvalue weighted by molar-refractivity contribution is -0.114. The van der Waals surface area contributed by atoms with Crippen molar-refractivity contribution in [1.29, 1.82) is 5.41 Å². The second-order valence-electron chi connectivity index (χ2n) is 8.09. The summed E-state index contributed by atoms with van der Waals surface area (Å²) in [5, 5.41) is 13.4. The number of hydrogen-bond acceptors (Lipinski definition) is 9. The van der Waals surface area contributed by atoms with Gasteiger partial charge in [-0.15, -0.1) is 5.10 Å². The van der Waals surface area contributed by atoms with Crippen molar-refractivity contribution >= 4 is 49.0 Å². The Kier molecular flexibility index (Phi) is 7.18. The molecule has 0 spiro atoms. The summed E-state index contributed by atoms with van der Waals surface area (Å²) in [7, 11) is -2.10. The van der Waals surface area contributed by atoms with Gasteiger partial charge in [-0.2, -0.15) is 10.0 Å². The quantitative estimate of drug-likeness (QED) is 0.427. The molecule has 0 saturated heterocycles. The highest BCUT2D eigenvalue weighted by Crippen LogP contribution is 2.32. The SMILES string of the molecule is COc1cc(C=C2C(=N)N3N=C(S(C)(=O)=O)SC3=NC2=O)ccc1OCCOc1cc(C)cc(C)c1. The Labute approximate surface area is 213 Å². The summed E-state index contributed by atoms with van der Waals surface area (Å²) >= 11 is 0.737. The number of nitrogens with zero attached hydrogens (tertiary/aromatic N) is 3. The topological polar surface area (TPSA) is 131 Å². The van der Waals surface area contributed by atoms with Crippen LogP contribution in [0.3, 0.4) is 0 Å². The number of amides is 1. The van der Waals surface area contributed by atoms with E-state index < -0.39 is 15.7 Å². The molecule has 0 fully saturated rings. The van der Waals surface area contributed by atoms with Crippen LogP contribution >= 0.6 is 11.8 Å². The van der Waals surface area contributed by atoms with Crippen LogP contribution in [0.4, 0.5) is 0 Å². The van der Waals surface area contributed by atoms with Crippen LogP contribution in [-0.4, -0.2) is 61.3 Å². The third kappa shape index (κ3) is 5.60. The summed E-state index contributed by atoms with van der Waals surface area (Å²) in [4.78, 5) is 16.4. The van der Waals surface area contributed by atoms with Crippen molar-refractivity contribution in [3.63, 3.8) is 0 Å². The summed E-state index contributed by atoms with van der Waals surface area (Å²) in [6.45, 7) is 4.65. The van der Waals surface area contributed by atoms with E-state index >= 15 is 0 Å². The van der Waals surface area contributed by atoms with E-state index in [1.807, 2.05) is 26.0 Å². The molecule has 4 rings (SSSR count). The van der Waals surface area contributed by atoms with E-state index in [2.05, 4.69) is 16.2 Å². The minimum Gasteiger partial charge on any atom is -0.493 e. The molecule has 0 radical (unpaired) electrons. The van der Waals surface area contributed by atoms with Gasteiger partial charge >= 0.3 is 0 Å². The first-order valence-corrected chi connectivity index (χ1v) is 13.5. The van der Waals surface area contributed by atoms with Gasteiger partial charge in [0.2, 0.25) is 19.4 Å². The molecule has 0 aromatic heterocycles. The number of rotatable bonds is 7. The number of fused-ring (bicyclic) bond motifs is 1. The van der Waals surface area contributed by atoms with Crippen LogP contribution in [-0.2, 0) is 14.6 Å². The van der Waals surface area contributed by atoms with Gasteiger partial charge in [0.15, 0.2) is 17.3 Å². The molecule has 36 heavy (non-hydrogen) atoms. The first-order chi connectivity index (χ1) is 17.0. The zero-order chi connectivity index (χ0) is 26.0. The van der Waals surface area contributed by atoms with Gasteiger partial charge in [0.1, 0.15) is 19.0 Å². The first-order valence-electron chi connectivity index (χ1n) is 10.8. The number of hydrogen-bond donors (Lipinski definition) is 1. The number of aliphatic imine (C=N–C) groups is 1. The number of hydrazone groups is 1. The maximum atomic E-state index is 12.6. The Bertz CT molecular complexity index is 1430. The van der Waals surface area contributed by atoms with E-state index in [1.165, 1.54) is 13.2 Å². The van der Waals surface area contributed by atoms with Crippen LogP contribution in [0.25, 0.3) is 6.08 Å². The number of sulfone groups is 1. The van der Waals surface area contributed by atoms with Crippen LogP contribution in [0.1, 0.15) is 16.7 Å². The molecule has 0 aliphatic carbocycles. The summed E-state index contributed by atoms with van der Waals surface area (Å²) in [5.41, 5.74) is 2.77. The van der Waals surface area contributed by atoms with Crippen molar-refractivity contribution < 1.29 is 27.4 Å². The van der Waals surface area contributed by atoms with Crippen LogP contribution < -0.4 is 14.2 Å². The smallest absolute Gasteiger partial charge is 0.283 e. The van der Waals surface area contributed by atoms with Crippen molar-refractivity contribution in [2.75, 3.05) is 26.6 Å². The molecule has 2 aromatic rings. The number of methoxy groups -OCH3 is 1. The Morgan fingerprint density at radius 1 is 1.06 bits per heavy atom. The van der Waals surface area contributed by atoms with Crippen LogP contribution in [0.15, 0.2) is 52.1 Å². The number of carbonyl (C=O) groups excluding carboxylic acids is 1. The first kappa shape index (κ1) is 25.5. The van der Waals surface area contributed by atoms with Crippen molar-refractivity contribution in [2.45, 2.75) is 13.8 Å². The molecule has 0 saturated carbocycles. The normalized spacial score (nSPS) is 16.6. The highest BCUT2D eigenvalue weighted by atomic mass is 32.3. The maximum Gasteiger partial charge on any atom is 0.283 e. The summed E-state index contributed by atoms with van der Waals surface area (Å²) in [6, 6.07) is 11.1. The molecule has 2 aliphatic heterocycles. The second-order valence-corrected chi connectivity index (χ2v) is 11.2. The molecule has 2 aliphatic rings. The Hall–Kier alpha value is -3.64. The molecular formula is C24H24N4O6S2. The van der Waals surface area contributed by atoms with Gasteiger partial charge in [0, 0.05) is 6.26 Å². The Morgan fingerprint density at radius 2 is 1.75 bits per heavy atom. The number of amidine groups is 2. The summed E-state index contributed by atoms with van der Waals surface area (Å²) in [5.74, 6) is 0.779. The number of nitrogens with one attached hydrogen (secondary N) is 1. The predicted octanol–water partition coefficient (Wildman–Crippen LogP) is 3.39. The lowest BCUT2D eigenvalue weighted by Crippen LogP contribution is -2.35. The highest BCUT2D eigenvalue weighted by Gasteiger charge is 2.38. The number of aryl methyl sites for hydroxylation is 2. The number of ether oxygens (including phenoxy) is 3. The average Bonchev–Trinajstić information content (AvgIpc) is 3.24. The van der Waals surface area contributed by atoms with Crippen molar-refractivity contribution in [3.05, 3.63) is 58.7 Å². The van der Waals surface area contributed by atoms with Gasteiger partial charge < -0.3 is 14.2 Å². The minimum absolute atomic E-state index is 0.0320. The zero-order valence-electron chi connectivity index (χ0n) is 20.1. The van der Waals surface area contributed by atoms with Gasteiger partial charge in [-0.25, -0.2) is 8.42 Å². The molecule has 1 N–H and O–H groups in total. The molecule has 0 atom stereocenters. The molecule has 1 amide bonds. The van der Waals surface area contributed by atoms with Gasteiger partial charge in [0.25, 0.3) is 5.91 Å². The van der Waals surface area contributed by atoms with E-state index in [0.29, 0.717) is 23.7 Å². The number of carbonyl (C=O) groups is 1. The largest absolute Gasteiger partial charge is 0.493 e. The van der Waals surface area contributed by atoms with Crippen molar-refractivity contribution in [3.8, 4) is 17.2 Å². The third-order valence-corrected chi connectivity index (χ3v) is 7.63. The average molecular weight is 529 g/mol. The van der Waals surface area contributed by atoms with Crippen LogP contribution in [0.5, 0.6) is 17.2 Å². The third-order valence-electron chi connectivity index (χ3n) is 5.06. The van der Waals surface area contributed by atoms with E-state index in [9.17, 15) is 13.2 Å². The molecular weight excluding hydrogens is 504 g/mol. The fraction of sp³-hybridized carbons (Fsp3) is 0.250. The second kappa shape index (κ2) is 10.2.